The van der Waals surface area contributed by atoms with Crippen LogP contribution in [-0.4, -0.2) is 84.7 Å². The van der Waals surface area contributed by atoms with Crippen LogP contribution in [0.1, 0.15) is 55.6 Å². The molecule has 49 heavy (non-hydrogen) atoms. The molecule has 0 radical (unpaired) electrons. The third-order valence-corrected chi connectivity index (χ3v) is 8.03. The zero-order valence-corrected chi connectivity index (χ0v) is 28.6. The van der Waals surface area contributed by atoms with E-state index in [1.54, 1.807) is 51.4 Å². The predicted octanol–water partition coefficient (Wildman–Crippen LogP) is 5.56. The number of esters is 1. The first-order chi connectivity index (χ1) is 23.2. The van der Waals surface area contributed by atoms with Crippen molar-refractivity contribution in [3.05, 3.63) is 64.4 Å². The molecule has 0 aliphatic carbocycles. The van der Waals surface area contributed by atoms with Crippen molar-refractivity contribution in [1.29, 1.82) is 0 Å². The number of ether oxygens (including phenoxy) is 5. The Morgan fingerprint density at radius 3 is 2.53 bits per heavy atom. The Hall–Kier alpha value is -4.96. The Labute approximate surface area is 286 Å². The first-order valence-electron chi connectivity index (χ1n) is 15.3. The summed E-state index contributed by atoms with van der Waals surface area (Å²) in [5, 5.41) is 17.5. The largest absolute Gasteiger partial charge is 0.487 e. The second kappa shape index (κ2) is 16.0. The number of aromatic nitrogens is 1. The smallest absolute Gasteiger partial charge is 0.408 e. The maximum absolute atomic E-state index is 14.8. The van der Waals surface area contributed by atoms with Gasteiger partial charge in [-0.3, -0.25) is 9.69 Å². The van der Waals surface area contributed by atoms with Gasteiger partial charge in [0.15, 0.2) is 16.6 Å². The minimum absolute atomic E-state index is 0.0218. The van der Waals surface area contributed by atoms with Gasteiger partial charge in [-0.05, 0) is 69.5 Å². The molecule has 264 valence electrons. The lowest BCUT2D eigenvalue weighted by Gasteiger charge is -2.44. The first kappa shape index (κ1) is 36.9. The number of rotatable bonds is 13. The van der Waals surface area contributed by atoms with Crippen LogP contribution in [0.3, 0.4) is 0 Å². The fraction of sp³-hybridized carbons (Fsp3) is 0.424. The van der Waals surface area contributed by atoms with Gasteiger partial charge < -0.3 is 39.4 Å². The van der Waals surface area contributed by atoms with Crippen molar-refractivity contribution in [1.82, 2.24) is 15.2 Å². The number of methoxy groups -OCH3 is 1. The number of hydrogen-bond donors (Lipinski definition) is 3. The van der Waals surface area contributed by atoms with Crippen LogP contribution < -0.4 is 20.1 Å². The summed E-state index contributed by atoms with van der Waals surface area (Å²) in [4.78, 5) is 54.6. The van der Waals surface area contributed by atoms with E-state index in [4.69, 9.17) is 18.9 Å². The molecule has 1 aliphatic rings. The summed E-state index contributed by atoms with van der Waals surface area (Å²) in [5.41, 5.74) is -1.03. The number of thiazole rings is 1. The Balaban J connectivity index is 1.58. The van der Waals surface area contributed by atoms with Crippen LogP contribution in [0.25, 0.3) is 0 Å². The minimum Gasteiger partial charge on any atom is -0.487 e. The van der Waals surface area contributed by atoms with Gasteiger partial charge in [0, 0.05) is 30.7 Å². The van der Waals surface area contributed by atoms with E-state index < -0.39 is 41.0 Å². The predicted molar refractivity (Wildman–Crippen MR) is 176 cm³/mol. The van der Waals surface area contributed by atoms with Crippen molar-refractivity contribution in [2.45, 2.75) is 51.7 Å². The van der Waals surface area contributed by atoms with E-state index in [9.17, 15) is 28.7 Å². The van der Waals surface area contributed by atoms with E-state index in [1.807, 2.05) is 0 Å². The molecular weight excluding hydrogens is 663 g/mol. The first-order valence-corrected chi connectivity index (χ1v) is 16.2. The van der Waals surface area contributed by atoms with E-state index >= 15 is 0 Å². The van der Waals surface area contributed by atoms with Crippen LogP contribution in [0.4, 0.5) is 19.1 Å². The number of alkyl carbamates (subject to hydrolysis) is 1. The molecule has 2 heterocycles. The maximum Gasteiger partial charge on any atom is 0.408 e. The standard InChI is InChI=1S/C33H39FN4O10S/c1-32(2,3)48-30(41)36-9-12-45-13-14-46-25-16-20-8-11-38(31(42)43)33(4,19-27(39)37-29-35-10-15-49-29)23(20)18-26(25)47-21-6-7-22(24(34)17-21)28(40)44-5/h6-7,10,15-18H,8-9,11-14,19H2,1-5H3,(H,36,41)(H,42,43)(H,35,37,39)/t33-/m1/s1. The molecule has 1 aromatic heterocycles. The van der Waals surface area contributed by atoms with Crippen LogP contribution in [-0.2, 0) is 31.0 Å². The molecule has 2 aromatic carbocycles. The van der Waals surface area contributed by atoms with Gasteiger partial charge in [-0.25, -0.2) is 23.8 Å². The highest BCUT2D eigenvalue weighted by Crippen LogP contribution is 2.44. The number of nitrogens with one attached hydrogen (secondary N) is 2. The van der Waals surface area contributed by atoms with Crippen LogP contribution in [0.15, 0.2) is 41.9 Å². The average molecular weight is 703 g/mol. The number of hydrogen-bond acceptors (Lipinski definition) is 11. The van der Waals surface area contributed by atoms with Crippen molar-refractivity contribution < 1.29 is 52.4 Å². The van der Waals surface area contributed by atoms with Gasteiger partial charge in [-0.2, -0.15) is 0 Å². The van der Waals surface area contributed by atoms with E-state index in [0.29, 0.717) is 17.1 Å². The number of carboxylic acid groups (broad SMARTS) is 1. The molecule has 3 N–H and O–H groups in total. The second-order valence-corrected chi connectivity index (χ2v) is 13.0. The molecule has 0 unspecified atom stereocenters. The molecule has 16 heteroatoms. The van der Waals surface area contributed by atoms with E-state index in [2.05, 4.69) is 20.4 Å². The molecule has 0 saturated carbocycles. The van der Waals surface area contributed by atoms with E-state index in [-0.39, 0.29) is 62.1 Å². The summed E-state index contributed by atoms with van der Waals surface area (Å²) >= 11 is 1.23. The third-order valence-electron chi connectivity index (χ3n) is 7.34. The van der Waals surface area contributed by atoms with Crippen molar-refractivity contribution in [2.75, 3.05) is 45.3 Å². The Morgan fingerprint density at radius 2 is 1.88 bits per heavy atom. The molecule has 0 fully saturated rings. The number of nitrogens with zero attached hydrogens (tertiary/aromatic N) is 2. The van der Waals surface area contributed by atoms with Crippen molar-refractivity contribution in [2.24, 2.45) is 0 Å². The Morgan fingerprint density at radius 1 is 1.10 bits per heavy atom. The third kappa shape index (κ3) is 9.79. The molecule has 0 spiro atoms. The van der Waals surface area contributed by atoms with Gasteiger partial charge in [-0.1, -0.05) is 0 Å². The highest BCUT2D eigenvalue weighted by Gasteiger charge is 2.44. The fourth-order valence-electron chi connectivity index (χ4n) is 5.20. The molecule has 3 aromatic rings. The Bertz CT molecular complexity index is 1660. The summed E-state index contributed by atoms with van der Waals surface area (Å²) in [6.07, 6.45) is -0.152. The van der Waals surface area contributed by atoms with Gasteiger partial charge in [-0.15, -0.1) is 11.3 Å². The number of benzene rings is 2. The number of amides is 3. The van der Waals surface area contributed by atoms with Crippen molar-refractivity contribution in [3.8, 4) is 17.2 Å². The van der Waals surface area contributed by atoms with Crippen LogP contribution in [0.2, 0.25) is 0 Å². The topological polar surface area (TPSA) is 175 Å². The molecular formula is C33H39FN4O10S. The number of carbonyl (C=O) groups is 4. The number of carbonyl (C=O) groups excluding carboxylic acids is 3. The summed E-state index contributed by atoms with van der Waals surface area (Å²) in [5.74, 6) is -1.80. The molecule has 1 atom stereocenters. The zero-order valence-electron chi connectivity index (χ0n) is 27.8. The van der Waals surface area contributed by atoms with Crippen LogP contribution >= 0.6 is 11.3 Å². The molecule has 1 aliphatic heterocycles. The zero-order chi connectivity index (χ0) is 35.8. The molecule has 14 nitrogen and oxygen atoms in total. The summed E-state index contributed by atoms with van der Waals surface area (Å²) < 4.78 is 42.3. The number of fused-ring (bicyclic) bond motifs is 1. The average Bonchev–Trinajstić information content (AvgIpc) is 3.52. The summed E-state index contributed by atoms with van der Waals surface area (Å²) in [6.45, 7) is 7.63. The highest BCUT2D eigenvalue weighted by molar-refractivity contribution is 7.13. The quantitative estimate of drug-likeness (QED) is 0.150. The molecule has 4 rings (SSSR count). The van der Waals surface area contributed by atoms with E-state index in [0.717, 1.165) is 18.7 Å². The van der Waals surface area contributed by atoms with Gasteiger partial charge in [0.2, 0.25) is 5.91 Å². The molecule has 0 bridgehead atoms. The monoisotopic (exact) mass is 702 g/mol. The summed E-state index contributed by atoms with van der Waals surface area (Å²) in [6, 6.07) is 6.89. The summed E-state index contributed by atoms with van der Waals surface area (Å²) in [7, 11) is 1.14. The maximum atomic E-state index is 14.8. The van der Waals surface area contributed by atoms with Gasteiger partial charge in [0.1, 0.15) is 23.8 Å². The van der Waals surface area contributed by atoms with Gasteiger partial charge >= 0.3 is 18.2 Å². The SMILES string of the molecule is COC(=O)c1ccc(Oc2cc3c(cc2OCCOCCNC(=O)OC(C)(C)C)CCN(C(=O)O)[C@]3(C)CC(=O)Nc2nccs2)cc1F. The lowest BCUT2D eigenvalue weighted by atomic mass is 9.79. The van der Waals surface area contributed by atoms with Crippen LogP contribution in [0.5, 0.6) is 17.2 Å². The minimum atomic E-state index is -1.33. The van der Waals surface area contributed by atoms with Gasteiger partial charge in [0.25, 0.3) is 0 Å². The van der Waals surface area contributed by atoms with Gasteiger partial charge in [0.05, 0.1) is 37.8 Å². The number of halogens is 1. The van der Waals surface area contributed by atoms with E-state index in [1.165, 1.54) is 28.4 Å². The normalized spacial score (nSPS) is 15.5. The lowest BCUT2D eigenvalue weighted by molar-refractivity contribution is -0.118. The van der Waals surface area contributed by atoms with Crippen molar-refractivity contribution >= 4 is 40.5 Å². The lowest BCUT2D eigenvalue weighted by Crippen LogP contribution is -2.52. The van der Waals surface area contributed by atoms with Crippen molar-refractivity contribution in [3.63, 3.8) is 0 Å². The van der Waals surface area contributed by atoms with Crippen LogP contribution in [0, 0.1) is 5.82 Å². The fourth-order valence-corrected chi connectivity index (χ4v) is 5.74. The Kier molecular flexibility index (Phi) is 12.0. The highest BCUT2D eigenvalue weighted by atomic mass is 32.1. The molecule has 3 amide bonds. The molecule has 0 saturated heterocycles. The number of anilines is 1. The second-order valence-electron chi connectivity index (χ2n) is 12.1.